The van der Waals surface area contributed by atoms with E-state index in [9.17, 15) is 4.79 Å². The monoisotopic (exact) mass is 279 g/mol. The predicted molar refractivity (Wildman–Crippen MR) is 85.3 cm³/mol. The van der Waals surface area contributed by atoms with Crippen molar-refractivity contribution in [3.8, 4) is 0 Å². The SMILES string of the molecule is CCCCC(CC)CN(C)C.O=C(O)c1ccccc1. The third-order valence-corrected chi connectivity index (χ3v) is 3.19. The maximum absolute atomic E-state index is 10.2. The quantitative estimate of drug-likeness (QED) is 0.815. The first-order chi connectivity index (χ1) is 9.51. The first kappa shape index (κ1) is 18.7. The molecule has 0 fully saturated rings. The minimum atomic E-state index is -0.879. The first-order valence-electron chi connectivity index (χ1n) is 7.44. The van der Waals surface area contributed by atoms with E-state index in [-0.39, 0.29) is 0 Å². The van der Waals surface area contributed by atoms with Gasteiger partial charge in [0, 0.05) is 6.54 Å². The van der Waals surface area contributed by atoms with E-state index in [1.165, 1.54) is 32.2 Å². The zero-order valence-corrected chi connectivity index (χ0v) is 13.3. The Bertz CT molecular complexity index is 349. The number of nitrogens with zero attached hydrogens (tertiary/aromatic N) is 1. The van der Waals surface area contributed by atoms with Crippen molar-refractivity contribution in [2.75, 3.05) is 20.6 Å². The normalized spacial score (nSPS) is 11.7. The Morgan fingerprint density at radius 1 is 1.20 bits per heavy atom. The van der Waals surface area contributed by atoms with E-state index in [0.717, 1.165) is 5.92 Å². The van der Waals surface area contributed by atoms with Crippen LogP contribution in [0.1, 0.15) is 49.9 Å². The van der Waals surface area contributed by atoms with Crippen molar-refractivity contribution in [1.29, 1.82) is 0 Å². The molecule has 0 amide bonds. The average Bonchev–Trinajstić information content (AvgIpc) is 2.44. The lowest BCUT2D eigenvalue weighted by molar-refractivity contribution is 0.0697. The summed E-state index contributed by atoms with van der Waals surface area (Å²) in [5.41, 5.74) is 0.331. The summed E-state index contributed by atoms with van der Waals surface area (Å²) in [4.78, 5) is 12.5. The Balaban J connectivity index is 0.000000367. The number of carboxylic acid groups (broad SMARTS) is 1. The minimum absolute atomic E-state index is 0.331. The van der Waals surface area contributed by atoms with E-state index < -0.39 is 5.97 Å². The number of carbonyl (C=O) groups is 1. The van der Waals surface area contributed by atoms with Crippen LogP contribution in [0.2, 0.25) is 0 Å². The lowest BCUT2D eigenvalue weighted by Crippen LogP contribution is -2.21. The Hall–Kier alpha value is -1.35. The summed E-state index contributed by atoms with van der Waals surface area (Å²) in [6, 6.07) is 8.30. The molecule has 0 aromatic heterocycles. The fourth-order valence-corrected chi connectivity index (χ4v) is 2.01. The van der Waals surface area contributed by atoms with Crippen LogP contribution >= 0.6 is 0 Å². The molecule has 3 heteroatoms. The maximum Gasteiger partial charge on any atom is 0.335 e. The van der Waals surface area contributed by atoms with Crippen LogP contribution in [-0.2, 0) is 0 Å². The van der Waals surface area contributed by atoms with Crippen molar-refractivity contribution in [2.24, 2.45) is 5.92 Å². The van der Waals surface area contributed by atoms with Crippen LogP contribution in [-0.4, -0.2) is 36.6 Å². The highest BCUT2D eigenvalue weighted by Crippen LogP contribution is 2.12. The average molecular weight is 279 g/mol. The van der Waals surface area contributed by atoms with Crippen LogP contribution in [0.15, 0.2) is 30.3 Å². The summed E-state index contributed by atoms with van der Waals surface area (Å²) in [5, 5.41) is 8.38. The van der Waals surface area contributed by atoms with E-state index in [4.69, 9.17) is 5.11 Å². The van der Waals surface area contributed by atoms with Crippen molar-refractivity contribution < 1.29 is 9.90 Å². The van der Waals surface area contributed by atoms with Gasteiger partial charge in [-0.05, 0) is 38.6 Å². The van der Waals surface area contributed by atoms with Crippen LogP contribution in [0.4, 0.5) is 0 Å². The summed E-state index contributed by atoms with van der Waals surface area (Å²) in [6.07, 6.45) is 5.47. The minimum Gasteiger partial charge on any atom is -0.478 e. The number of aromatic carboxylic acids is 1. The summed E-state index contributed by atoms with van der Waals surface area (Å²) < 4.78 is 0. The van der Waals surface area contributed by atoms with E-state index in [1.807, 2.05) is 0 Å². The zero-order chi connectivity index (χ0) is 15.4. The highest BCUT2D eigenvalue weighted by Gasteiger charge is 2.05. The van der Waals surface area contributed by atoms with Crippen molar-refractivity contribution in [2.45, 2.75) is 39.5 Å². The molecule has 1 unspecified atom stereocenters. The molecule has 1 aromatic carbocycles. The third-order valence-electron chi connectivity index (χ3n) is 3.19. The Labute approximate surface area is 123 Å². The van der Waals surface area contributed by atoms with E-state index in [0.29, 0.717) is 5.56 Å². The van der Waals surface area contributed by atoms with Crippen molar-refractivity contribution in [3.05, 3.63) is 35.9 Å². The van der Waals surface area contributed by atoms with Gasteiger partial charge < -0.3 is 10.0 Å². The number of hydrogen-bond donors (Lipinski definition) is 1. The molecule has 0 aliphatic rings. The highest BCUT2D eigenvalue weighted by molar-refractivity contribution is 5.87. The Morgan fingerprint density at radius 3 is 2.15 bits per heavy atom. The van der Waals surface area contributed by atoms with Gasteiger partial charge in [-0.15, -0.1) is 0 Å². The van der Waals surface area contributed by atoms with Crippen molar-refractivity contribution >= 4 is 5.97 Å². The zero-order valence-electron chi connectivity index (χ0n) is 13.3. The molecule has 0 aliphatic heterocycles. The van der Waals surface area contributed by atoms with Gasteiger partial charge in [0.25, 0.3) is 0 Å². The molecule has 0 bridgehead atoms. The van der Waals surface area contributed by atoms with Gasteiger partial charge in [0.15, 0.2) is 0 Å². The fraction of sp³-hybridized carbons (Fsp3) is 0.588. The van der Waals surface area contributed by atoms with Gasteiger partial charge in [-0.1, -0.05) is 51.3 Å². The summed E-state index contributed by atoms with van der Waals surface area (Å²) >= 11 is 0. The molecule has 3 nitrogen and oxygen atoms in total. The molecule has 0 aliphatic carbocycles. The summed E-state index contributed by atoms with van der Waals surface area (Å²) in [7, 11) is 4.32. The topological polar surface area (TPSA) is 40.5 Å². The maximum atomic E-state index is 10.2. The number of hydrogen-bond acceptors (Lipinski definition) is 2. The second kappa shape index (κ2) is 11.5. The van der Waals surface area contributed by atoms with Gasteiger partial charge in [-0.3, -0.25) is 0 Å². The molecule has 0 saturated carbocycles. The standard InChI is InChI=1S/C10H23N.C7H6O2/c1-5-7-8-10(6-2)9-11(3)4;8-7(9)6-4-2-1-3-5-6/h10H,5-9H2,1-4H3;1-5H,(H,8,9). The molecule has 0 heterocycles. The predicted octanol–water partition coefficient (Wildman–Crippen LogP) is 4.15. The summed E-state index contributed by atoms with van der Waals surface area (Å²) in [6.45, 7) is 5.82. The van der Waals surface area contributed by atoms with Gasteiger partial charge in [-0.25, -0.2) is 4.79 Å². The van der Waals surface area contributed by atoms with E-state index in [2.05, 4.69) is 32.8 Å². The van der Waals surface area contributed by atoms with E-state index in [1.54, 1.807) is 30.3 Å². The molecule has 0 saturated heterocycles. The molecule has 1 rings (SSSR count). The van der Waals surface area contributed by atoms with Crippen LogP contribution in [0.25, 0.3) is 0 Å². The van der Waals surface area contributed by atoms with Gasteiger partial charge in [0.2, 0.25) is 0 Å². The van der Waals surface area contributed by atoms with Crippen LogP contribution in [0.3, 0.4) is 0 Å². The first-order valence-corrected chi connectivity index (χ1v) is 7.44. The third kappa shape index (κ3) is 9.56. The summed E-state index contributed by atoms with van der Waals surface area (Å²) in [5.74, 6) is 0.0422. The molecule has 20 heavy (non-hydrogen) atoms. The lowest BCUT2D eigenvalue weighted by Gasteiger charge is -2.18. The molecule has 0 spiro atoms. The molecular weight excluding hydrogens is 250 g/mol. The molecular formula is C17H29NO2. The van der Waals surface area contributed by atoms with Gasteiger partial charge >= 0.3 is 5.97 Å². The van der Waals surface area contributed by atoms with Crippen LogP contribution in [0, 0.1) is 5.92 Å². The molecule has 0 radical (unpaired) electrons. The van der Waals surface area contributed by atoms with Crippen LogP contribution < -0.4 is 0 Å². The number of unbranched alkanes of at least 4 members (excludes halogenated alkanes) is 1. The second-order valence-electron chi connectivity index (χ2n) is 5.35. The van der Waals surface area contributed by atoms with Gasteiger partial charge in [0.1, 0.15) is 0 Å². The number of benzene rings is 1. The largest absolute Gasteiger partial charge is 0.478 e. The Morgan fingerprint density at radius 2 is 1.80 bits per heavy atom. The second-order valence-corrected chi connectivity index (χ2v) is 5.35. The molecule has 114 valence electrons. The molecule has 1 aromatic rings. The molecule has 1 atom stereocenters. The highest BCUT2D eigenvalue weighted by atomic mass is 16.4. The smallest absolute Gasteiger partial charge is 0.335 e. The van der Waals surface area contributed by atoms with Crippen LogP contribution in [0.5, 0.6) is 0 Å². The van der Waals surface area contributed by atoms with Crippen molar-refractivity contribution in [1.82, 2.24) is 4.90 Å². The number of rotatable bonds is 7. The fourth-order valence-electron chi connectivity index (χ4n) is 2.01. The Kier molecular flexibility index (Phi) is 10.7. The van der Waals surface area contributed by atoms with Gasteiger partial charge in [-0.2, -0.15) is 0 Å². The molecule has 1 N–H and O–H groups in total. The number of carboxylic acids is 1. The van der Waals surface area contributed by atoms with E-state index >= 15 is 0 Å². The van der Waals surface area contributed by atoms with Gasteiger partial charge in [0.05, 0.1) is 5.56 Å². The van der Waals surface area contributed by atoms with Crippen molar-refractivity contribution in [3.63, 3.8) is 0 Å². The lowest BCUT2D eigenvalue weighted by atomic mass is 9.99.